The largest absolute Gasteiger partial charge is 0.378 e. The Kier molecular flexibility index (Phi) is 5.38. The highest BCUT2D eigenvalue weighted by Crippen LogP contribution is 2.30. The van der Waals surface area contributed by atoms with Gasteiger partial charge in [-0.15, -0.1) is 0 Å². The highest BCUT2D eigenvalue weighted by Gasteiger charge is 2.18. The van der Waals surface area contributed by atoms with Gasteiger partial charge in [0.05, 0.1) is 24.6 Å². The predicted molar refractivity (Wildman–Crippen MR) is 87.2 cm³/mol. The van der Waals surface area contributed by atoms with E-state index in [4.69, 9.17) is 4.74 Å². The molecule has 1 aliphatic rings. The molecule has 0 aromatic heterocycles. The van der Waals surface area contributed by atoms with Crippen molar-refractivity contribution in [2.45, 2.75) is 20.8 Å². The molecule has 1 saturated heterocycles. The Balaban J connectivity index is 2.29. The number of carbonyl (C=O) groups is 2. The van der Waals surface area contributed by atoms with Crippen LogP contribution < -0.4 is 15.5 Å². The second kappa shape index (κ2) is 7.26. The standard InChI is InChI=1S/C16H23N3O3/c1-11(2)16(21)18-14-5-4-13(17-12(3)20)10-15(14)19-6-8-22-9-7-19/h4-5,10-11H,6-9H2,1-3H3,(H,17,20)(H,18,21). The van der Waals surface area contributed by atoms with Crippen molar-refractivity contribution in [3.05, 3.63) is 18.2 Å². The van der Waals surface area contributed by atoms with Crippen molar-refractivity contribution in [3.8, 4) is 0 Å². The molecule has 1 fully saturated rings. The van der Waals surface area contributed by atoms with Crippen molar-refractivity contribution in [1.82, 2.24) is 0 Å². The minimum atomic E-state index is -0.119. The van der Waals surface area contributed by atoms with Gasteiger partial charge in [-0.3, -0.25) is 9.59 Å². The lowest BCUT2D eigenvalue weighted by atomic mass is 10.1. The van der Waals surface area contributed by atoms with Crippen LogP contribution in [0.2, 0.25) is 0 Å². The smallest absolute Gasteiger partial charge is 0.226 e. The number of hydrogen-bond acceptors (Lipinski definition) is 4. The lowest BCUT2D eigenvalue weighted by Gasteiger charge is -2.31. The molecule has 1 heterocycles. The summed E-state index contributed by atoms with van der Waals surface area (Å²) in [6.45, 7) is 8.01. The lowest BCUT2D eigenvalue weighted by molar-refractivity contribution is -0.119. The fourth-order valence-electron chi connectivity index (χ4n) is 2.26. The minimum Gasteiger partial charge on any atom is -0.378 e. The molecular weight excluding hydrogens is 282 g/mol. The summed E-state index contributed by atoms with van der Waals surface area (Å²) in [6, 6.07) is 5.51. The number of hydrogen-bond donors (Lipinski definition) is 2. The molecular formula is C16H23N3O3. The van der Waals surface area contributed by atoms with Crippen LogP contribution in [0.5, 0.6) is 0 Å². The number of amides is 2. The quantitative estimate of drug-likeness (QED) is 0.893. The molecule has 0 aliphatic carbocycles. The van der Waals surface area contributed by atoms with E-state index in [0.29, 0.717) is 13.2 Å². The molecule has 2 N–H and O–H groups in total. The first kappa shape index (κ1) is 16.3. The molecule has 6 heteroatoms. The van der Waals surface area contributed by atoms with E-state index in [1.54, 1.807) is 6.07 Å². The Hall–Kier alpha value is -2.08. The Morgan fingerprint density at radius 3 is 2.45 bits per heavy atom. The van der Waals surface area contributed by atoms with E-state index >= 15 is 0 Å². The highest BCUT2D eigenvalue weighted by atomic mass is 16.5. The van der Waals surface area contributed by atoms with Crippen molar-refractivity contribution in [2.24, 2.45) is 5.92 Å². The fraction of sp³-hybridized carbons (Fsp3) is 0.500. The average Bonchev–Trinajstić information content (AvgIpc) is 2.49. The van der Waals surface area contributed by atoms with E-state index in [9.17, 15) is 9.59 Å². The number of morpholine rings is 1. The molecule has 2 rings (SSSR count). The molecule has 0 unspecified atom stereocenters. The lowest BCUT2D eigenvalue weighted by Crippen LogP contribution is -2.37. The van der Waals surface area contributed by atoms with Crippen molar-refractivity contribution < 1.29 is 14.3 Å². The van der Waals surface area contributed by atoms with E-state index < -0.39 is 0 Å². The van der Waals surface area contributed by atoms with E-state index in [2.05, 4.69) is 15.5 Å². The van der Waals surface area contributed by atoms with Gasteiger partial charge in [-0.2, -0.15) is 0 Å². The third kappa shape index (κ3) is 4.21. The second-order valence-corrected chi connectivity index (χ2v) is 5.66. The van der Waals surface area contributed by atoms with Gasteiger partial charge in [-0.25, -0.2) is 0 Å². The minimum absolute atomic E-state index is 0.0261. The molecule has 1 aromatic rings. The zero-order valence-electron chi connectivity index (χ0n) is 13.3. The Bertz CT molecular complexity index is 552. The van der Waals surface area contributed by atoms with Gasteiger partial charge < -0.3 is 20.3 Å². The van der Waals surface area contributed by atoms with Crippen molar-refractivity contribution in [1.29, 1.82) is 0 Å². The highest BCUT2D eigenvalue weighted by molar-refractivity contribution is 5.97. The van der Waals surface area contributed by atoms with Crippen LogP contribution in [0, 0.1) is 5.92 Å². The van der Waals surface area contributed by atoms with Crippen molar-refractivity contribution in [3.63, 3.8) is 0 Å². The van der Waals surface area contributed by atoms with Crippen LogP contribution in [0.1, 0.15) is 20.8 Å². The normalized spacial score (nSPS) is 14.8. The third-order valence-electron chi connectivity index (χ3n) is 3.45. The first-order valence-corrected chi connectivity index (χ1v) is 7.52. The number of rotatable bonds is 4. The summed E-state index contributed by atoms with van der Waals surface area (Å²) in [5, 5.41) is 5.73. The van der Waals surface area contributed by atoms with E-state index in [-0.39, 0.29) is 17.7 Å². The molecule has 6 nitrogen and oxygen atoms in total. The number of anilines is 3. The SMILES string of the molecule is CC(=O)Nc1ccc(NC(=O)C(C)C)c(N2CCOCC2)c1. The van der Waals surface area contributed by atoms with Crippen LogP contribution in [-0.2, 0) is 14.3 Å². The number of nitrogens with one attached hydrogen (secondary N) is 2. The maximum atomic E-state index is 12.0. The first-order chi connectivity index (χ1) is 10.5. The summed E-state index contributed by atoms with van der Waals surface area (Å²) in [4.78, 5) is 25.4. The number of carbonyl (C=O) groups excluding carboxylic acids is 2. The van der Waals surface area contributed by atoms with Gasteiger partial charge in [0.2, 0.25) is 11.8 Å². The molecule has 22 heavy (non-hydrogen) atoms. The predicted octanol–water partition coefficient (Wildman–Crippen LogP) is 2.08. The molecule has 0 atom stereocenters. The number of ether oxygens (including phenoxy) is 1. The van der Waals surface area contributed by atoms with E-state index in [0.717, 1.165) is 30.2 Å². The second-order valence-electron chi connectivity index (χ2n) is 5.66. The van der Waals surface area contributed by atoms with Crippen molar-refractivity contribution >= 4 is 28.9 Å². The van der Waals surface area contributed by atoms with Gasteiger partial charge in [0.1, 0.15) is 0 Å². The van der Waals surface area contributed by atoms with Gasteiger partial charge in [-0.1, -0.05) is 13.8 Å². The van der Waals surface area contributed by atoms with Gasteiger partial charge in [0, 0.05) is 31.6 Å². The van der Waals surface area contributed by atoms with Gasteiger partial charge >= 0.3 is 0 Å². The molecule has 120 valence electrons. The van der Waals surface area contributed by atoms with E-state index in [1.807, 2.05) is 26.0 Å². The van der Waals surface area contributed by atoms with Gasteiger partial charge in [0.15, 0.2) is 0 Å². The fourth-order valence-corrected chi connectivity index (χ4v) is 2.26. The number of benzene rings is 1. The third-order valence-corrected chi connectivity index (χ3v) is 3.45. The summed E-state index contributed by atoms with van der Waals surface area (Å²) in [5.74, 6) is -0.235. The Labute approximate surface area is 130 Å². The van der Waals surface area contributed by atoms with Crippen LogP contribution in [0.15, 0.2) is 18.2 Å². The molecule has 0 spiro atoms. The van der Waals surface area contributed by atoms with Crippen LogP contribution in [-0.4, -0.2) is 38.1 Å². The van der Waals surface area contributed by atoms with Crippen LogP contribution >= 0.6 is 0 Å². The molecule has 1 aliphatic heterocycles. The van der Waals surface area contributed by atoms with E-state index in [1.165, 1.54) is 6.92 Å². The van der Waals surface area contributed by atoms with Gasteiger partial charge in [0.25, 0.3) is 0 Å². The summed E-state index contributed by atoms with van der Waals surface area (Å²) >= 11 is 0. The molecule has 2 amide bonds. The Morgan fingerprint density at radius 1 is 1.18 bits per heavy atom. The zero-order chi connectivity index (χ0) is 16.1. The topological polar surface area (TPSA) is 70.7 Å². The maximum absolute atomic E-state index is 12.0. The molecule has 0 saturated carbocycles. The Morgan fingerprint density at radius 2 is 1.86 bits per heavy atom. The van der Waals surface area contributed by atoms with Crippen molar-refractivity contribution in [2.75, 3.05) is 41.8 Å². The summed E-state index contributed by atoms with van der Waals surface area (Å²) in [5.41, 5.74) is 2.38. The first-order valence-electron chi connectivity index (χ1n) is 7.52. The molecule has 0 radical (unpaired) electrons. The summed E-state index contributed by atoms with van der Waals surface area (Å²) in [7, 11) is 0. The molecule has 1 aromatic carbocycles. The molecule has 0 bridgehead atoms. The van der Waals surface area contributed by atoms with Gasteiger partial charge in [-0.05, 0) is 18.2 Å². The maximum Gasteiger partial charge on any atom is 0.226 e. The number of nitrogens with zero attached hydrogens (tertiary/aromatic N) is 1. The monoisotopic (exact) mass is 305 g/mol. The average molecular weight is 305 g/mol. The zero-order valence-corrected chi connectivity index (χ0v) is 13.3. The van der Waals surface area contributed by atoms with Crippen LogP contribution in [0.3, 0.4) is 0 Å². The summed E-state index contributed by atoms with van der Waals surface area (Å²) < 4.78 is 5.38. The summed E-state index contributed by atoms with van der Waals surface area (Å²) in [6.07, 6.45) is 0. The van der Waals surface area contributed by atoms with Crippen LogP contribution in [0.4, 0.5) is 17.1 Å². The van der Waals surface area contributed by atoms with Crippen LogP contribution in [0.25, 0.3) is 0 Å².